The lowest BCUT2D eigenvalue weighted by Gasteiger charge is -2.38. The summed E-state index contributed by atoms with van der Waals surface area (Å²) in [5.74, 6) is 1.46. The lowest BCUT2D eigenvalue weighted by atomic mass is 9.78. The molecule has 4 aromatic rings. The molecule has 8 rings (SSSR count). The number of hydrogen-bond donors (Lipinski definition) is 3. The number of anilines is 2. The van der Waals surface area contributed by atoms with Gasteiger partial charge in [0.05, 0.1) is 16.7 Å². The van der Waals surface area contributed by atoms with Crippen molar-refractivity contribution in [2.75, 3.05) is 62.7 Å². The summed E-state index contributed by atoms with van der Waals surface area (Å²) in [5.41, 5.74) is 5.71. The fraction of sp³-hybridized carbons (Fsp3) is 0.415. The quantitative estimate of drug-likeness (QED) is 0.0523. The van der Waals surface area contributed by atoms with Crippen LogP contribution in [0.15, 0.2) is 88.1 Å². The van der Waals surface area contributed by atoms with Crippen LogP contribution in [0, 0.1) is 22.0 Å². The van der Waals surface area contributed by atoms with Gasteiger partial charge in [0.2, 0.25) is 0 Å². The monoisotopic (exact) mass is 783 g/mol. The van der Waals surface area contributed by atoms with Crippen LogP contribution >= 0.6 is 23.5 Å². The van der Waals surface area contributed by atoms with E-state index in [9.17, 15) is 14.9 Å². The van der Waals surface area contributed by atoms with E-state index in [4.69, 9.17) is 21.1 Å². The number of nitro groups is 1. The van der Waals surface area contributed by atoms with Gasteiger partial charge in [0.1, 0.15) is 22.8 Å². The predicted octanol–water partition coefficient (Wildman–Crippen LogP) is 8.67. The molecule has 1 amide bonds. The maximum Gasteiger partial charge on any atom is 0.293 e. The Kier molecular flexibility index (Phi) is 11.6. The molecule has 288 valence electrons. The van der Waals surface area contributed by atoms with Crippen molar-refractivity contribution >= 4 is 57.6 Å². The SMILES string of the molecule is O=C(NSc1ccc(NCC2CCOCC2)c([N+](=O)[O-])c1)c1ccc(N2CCN(CC3=C(C4C=C(Cl)C4)CCCC3)CC2)cc1Oc1cnc2[nH]ccc2c1. The van der Waals surface area contributed by atoms with E-state index >= 15 is 0 Å². The maximum atomic E-state index is 13.8. The van der Waals surface area contributed by atoms with Crippen LogP contribution < -0.4 is 19.7 Å². The van der Waals surface area contributed by atoms with Gasteiger partial charge in [0, 0.05) is 97.7 Å². The van der Waals surface area contributed by atoms with Crippen LogP contribution in [0.1, 0.15) is 55.3 Å². The van der Waals surface area contributed by atoms with Crippen molar-refractivity contribution in [1.82, 2.24) is 19.6 Å². The van der Waals surface area contributed by atoms with Crippen molar-refractivity contribution in [3.8, 4) is 11.5 Å². The highest BCUT2D eigenvalue weighted by molar-refractivity contribution is 7.98. The van der Waals surface area contributed by atoms with Gasteiger partial charge in [-0.05, 0) is 99.2 Å². The van der Waals surface area contributed by atoms with Crippen molar-refractivity contribution in [2.24, 2.45) is 11.8 Å². The van der Waals surface area contributed by atoms with Crippen molar-refractivity contribution in [1.29, 1.82) is 0 Å². The molecular formula is C41H46ClN7O5S. The molecule has 3 N–H and O–H groups in total. The maximum absolute atomic E-state index is 13.8. The fourth-order valence-electron chi connectivity index (χ4n) is 7.99. The minimum absolute atomic E-state index is 0.0382. The third-order valence-corrected chi connectivity index (χ3v) is 12.2. The summed E-state index contributed by atoms with van der Waals surface area (Å²) in [4.78, 5) is 38.4. The number of hydrogen-bond acceptors (Lipinski definition) is 10. The van der Waals surface area contributed by atoms with Crippen LogP contribution in [0.3, 0.4) is 0 Å². The Bertz CT molecular complexity index is 2110. The van der Waals surface area contributed by atoms with E-state index in [1.54, 1.807) is 35.5 Å². The summed E-state index contributed by atoms with van der Waals surface area (Å²) in [6, 6.07) is 14.4. The van der Waals surface area contributed by atoms with Gasteiger partial charge < -0.3 is 24.7 Å². The molecule has 0 bridgehead atoms. The number of nitro benzene ring substituents is 1. The highest BCUT2D eigenvalue weighted by atomic mass is 35.5. The summed E-state index contributed by atoms with van der Waals surface area (Å²) in [6.45, 7) is 6.68. The lowest BCUT2D eigenvalue weighted by Crippen LogP contribution is -2.47. The molecule has 0 spiro atoms. The number of rotatable bonds is 13. The average molecular weight is 784 g/mol. The molecule has 2 aliphatic heterocycles. The number of benzene rings is 2. The highest BCUT2D eigenvalue weighted by Crippen LogP contribution is 2.41. The molecule has 0 radical (unpaired) electrons. The van der Waals surface area contributed by atoms with Gasteiger partial charge >= 0.3 is 0 Å². The molecule has 2 aromatic carbocycles. The molecule has 1 atom stereocenters. The van der Waals surface area contributed by atoms with Gasteiger partial charge in [-0.1, -0.05) is 28.8 Å². The van der Waals surface area contributed by atoms with E-state index < -0.39 is 4.92 Å². The number of carbonyl (C=O) groups is 1. The van der Waals surface area contributed by atoms with Gasteiger partial charge in [0.15, 0.2) is 0 Å². The molecule has 55 heavy (non-hydrogen) atoms. The van der Waals surface area contributed by atoms with Crippen molar-refractivity contribution in [3.63, 3.8) is 0 Å². The molecule has 0 saturated carbocycles. The Morgan fingerprint density at radius 2 is 1.89 bits per heavy atom. The van der Waals surface area contributed by atoms with Crippen LogP contribution in [0.4, 0.5) is 17.1 Å². The average Bonchev–Trinajstić information content (AvgIpc) is 3.67. The zero-order chi connectivity index (χ0) is 37.7. The van der Waals surface area contributed by atoms with Crippen LogP contribution in [-0.4, -0.2) is 78.2 Å². The standard InChI is InChI=1S/C41H46ClN7O5S/c42-31-19-30(20-31)35-4-2-1-3-29(35)26-47-13-15-48(16-14-47)32-5-7-36(39(22-32)54-33-21-28-9-12-43-40(28)45-25-33)41(50)46-55-34-6-8-37(38(23-34)49(51)52)44-24-27-10-17-53-18-11-27/h5-9,12,19,21-23,25,27,30,44H,1-4,10-11,13-18,20,24,26H2,(H,43,45)(H,46,50). The van der Waals surface area contributed by atoms with Crippen molar-refractivity contribution < 1.29 is 19.2 Å². The van der Waals surface area contributed by atoms with Gasteiger partial charge in [0.25, 0.3) is 11.6 Å². The van der Waals surface area contributed by atoms with E-state index in [2.05, 4.69) is 35.9 Å². The van der Waals surface area contributed by atoms with Crippen molar-refractivity contribution in [2.45, 2.75) is 49.8 Å². The number of H-pyrrole nitrogens is 1. The van der Waals surface area contributed by atoms with E-state index in [-0.39, 0.29) is 11.6 Å². The molecule has 12 nitrogen and oxygen atoms in total. The van der Waals surface area contributed by atoms with E-state index in [1.165, 1.54) is 31.7 Å². The first-order chi connectivity index (χ1) is 26.9. The molecule has 2 aromatic heterocycles. The second-order valence-corrected chi connectivity index (χ2v) is 16.2. The summed E-state index contributed by atoms with van der Waals surface area (Å²) in [7, 11) is 0. The second-order valence-electron chi connectivity index (χ2n) is 14.8. The third kappa shape index (κ3) is 8.96. The molecule has 4 aliphatic rings. The largest absolute Gasteiger partial charge is 0.455 e. The smallest absolute Gasteiger partial charge is 0.293 e. The van der Waals surface area contributed by atoms with Gasteiger partial charge in [-0.2, -0.15) is 0 Å². The lowest BCUT2D eigenvalue weighted by molar-refractivity contribution is -0.384. The number of piperazine rings is 1. The molecule has 2 fully saturated rings. The Balaban J connectivity index is 0.957. The number of amides is 1. The zero-order valence-electron chi connectivity index (χ0n) is 30.7. The predicted molar refractivity (Wildman–Crippen MR) is 217 cm³/mol. The first kappa shape index (κ1) is 37.4. The number of fused-ring (bicyclic) bond motifs is 1. The highest BCUT2D eigenvalue weighted by Gasteiger charge is 2.28. The topological polar surface area (TPSA) is 138 Å². The van der Waals surface area contributed by atoms with Gasteiger partial charge in [-0.3, -0.25) is 24.5 Å². The Hall–Kier alpha value is -4.56. The Morgan fingerprint density at radius 1 is 1.07 bits per heavy atom. The Labute approximate surface area is 330 Å². The molecule has 2 aliphatic carbocycles. The fourth-order valence-corrected chi connectivity index (χ4v) is 8.94. The number of allylic oxidation sites excluding steroid dienone is 3. The summed E-state index contributed by atoms with van der Waals surface area (Å²) < 4.78 is 14.7. The number of carbonyl (C=O) groups excluding carboxylic acids is 1. The summed E-state index contributed by atoms with van der Waals surface area (Å²) in [6.07, 6.45) is 13.4. The van der Waals surface area contributed by atoms with Crippen LogP contribution in [0.5, 0.6) is 11.5 Å². The van der Waals surface area contributed by atoms with Gasteiger partial charge in [-0.25, -0.2) is 4.98 Å². The number of halogens is 1. The molecule has 2 saturated heterocycles. The number of pyridine rings is 1. The minimum Gasteiger partial charge on any atom is -0.455 e. The van der Waals surface area contributed by atoms with Crippen LogP contribution in [0.2, 0.25) is 0 Å². The van der Waals surface area contributed by atoms with Crippen LogP contribution in [-0.2, 0) is 4.74 Å². The van der Waals surface area contributed by atoms with E-state index in [0.717, 1.165) is 85.7 Å². The summed E-state index contributed by atoms with van der Waals surface area (Å²) in [5, 5.41) is 17.2. The number of aromatic amines is 1. The zero-order valence-corrected chi connectivity index (χ0v) is 32.3. The van der Waals surface area contributed by atoms with E-state index in [0.29, 0.717) is 59.2 Å². The molecular weight excluding hydrogens is 738 g/mol. The third-order valence-electron chi connectivity index (χ3n) is 11.2. The van der Waals surface area contributed by atoms with Crippen molar-refractivity contribution in [3.05, 3.63) is 98.9 Å². The number of ether oxygens (including phenoxy) is 2. The second kappa shape index (κ2) is 17.1. The number of nitrogens with one attached hydrogen (secondary N) is 3. The normalized spacial score (nSPS) is 19.5. The molecule has 1 unspecified atom stereocenters. The van der Waals surface area contributed by atoms with Gasteiger partial charge in [-0.15, -0.1) is 0 Å². The Morgan fingerprint density at radius 3 is 2.69 bits per heavy atom. The van der Waals surface area contributed by atoms with E-state index in [1.807, 2.05) is 30.5 Å². The number of aromatic nitrogens is 2. The number of nitrogens with zero attached hydrogens (tertiary/aromatic N) is 4. The molecule has 14 heteroatoms. The van der Waals surface area contributed by atoms with Crippen LogP contribution in [0.25, 0.3) is 11.0 Å². The first-order valence-electron chi connectivity index (χ1n) is 19.2. The minimum atomic E-state index is -0.397. The molecule has 4 heterocycles. The summed E-state index contributed by atoms with van der Waals surface area (Å²) >= 11 is 7.26. The first-order valence-corrected chi connectivity index (χ1v) is 20.4.